The zero-order valence-corrected chi connectivity index (χ0v) is 17.0. The molecule has 0 aliphatic carbocycles. The lowest BCUT2D eigenvalue weighted by Gasteiger charge is -2.36. The summed E-state index contributed by atoms with van der Waals surface area (Å²) in [6.45, 7) is 10.8. The van der Waals surface area contributed by atoms with Gasteiger partial charge >= 0.3 is 6.09 Å². The Morgan fingerprint density at radius 3 is 2.29 bits per heavy atom. The standard InChI is InChI=1S/C19H28N4O5/c1-13(2)20-17(24)14-6-7-15(16(12-14)23(26)27)21-8-10-22(11-9-21)18(25)28-19(3,4)5/h6-7,12-13H,8-11H2,1-5H3,(H,20,24). The molecule has 1 heterocycles. The largest absolute Gasteiger partial charge is 0.444 e. The van der Waals surface area contributed by atoms with E-state index in [2.05, 4.69) is 5.32 Å². The van der Waals surface area contributed by atoms with Crippen LogP contribution in [0.4, 0.5) is 16.2 Å². The molecule has 154 valence electrons. The lowest BCUT2D eigenvalue weighted by Crippen LogP contribution is -2.50. The van der Waals surface area contributed by atoms with Crippen LogP contribution in [-0.4, -0.2) is 59.6 Å². The molecule has 0 unspecified atom stereocenters. The number of carbonyl (C=O) groups is 2. The Bertz CT molecular complexity index is 749. The molecule has 1 aliphatic rings. The molecule has 1 aromatic rings. The molecule has 9 heteroatoms. The van der Waals surface area contributed by atoms with Crippen molar-refractivity contribution in [3.8, 4) is 0 Å². The van der Waals surface area contributed by atoms with Crippen molar-refractivity contribution >= 4 is 23.4 Å². The zero-order chi connectivity index (χ0) is 21.1. The Morgan fingerprint density at radius 2 is 1.79 bits per heavy atom. The molecular weight excluding hydrogens is 364 g/mol. The third-order valence-electron chi connectivity index (χ3n) is 4.13. The summed E-state index contributed by atoms with van der Waals surface area (Å²) in [6.07, 6.45) is -0.387. The lowest BCUT2D eigenvalue weighted by atomic mass is 10.1. The van der Waals surface area contributed by atoms with E-state index in [-0.39, 0.29) is 29.3 Å². The van der Waals surface area contributed by atoms with Crippen molar-refractivity contribution in [2.24, 2.45) is 0 Å². The van der Waals surface area contributed by atoms with Crippen LogP contribution in [0.1, 0.15) is 45.0 Å². The van der Waals surface area contributed by atoms with Crippen LogP contribution < -0.4 is 10.2 Å². The number of nitro groups is 1. The molecule has 1 saturated heterocycles. The average molecular weight is 392 g/mol. The van der Waals surface area contributed by atoms with Crippen molar-refractivity contribution < 1.29 is 19.2 Å². The maximum absolute atomic E-state index is 12.2. The minimum absolute atomic E-state index is 0.0628. The Labute approximate surface area is 164 Å². The van der Waals surface area contributed by atoms with Gasteiger partial charge in [-0.2, -0.15) is 0 Å². The highest BCUT2D eigenvalue weighted by Crippen LogP contribution is 2.30. The van der Waals surface area contributed by atoms with Gasteiger partial charge in [0, 0.05) is 43.9 Å². The van der Waals surface area contributed by atoms with Gasteiger partial charge in [0.25, 0.3) is 11.6 Å². The minimum Gasteiger partial charge on any atom is -0.444 e. The van der Waals surface area contributed by atoms with E-state index in [0.29, 0.717) is 31.9 Å². The van der Waals surface area contributed by atoms with Gasteiger partial charge in [0.15, 0.2) is 0 Å². The van der Waals surface area contributed by atoms with Gasteiger partial charge in [-0.1, -0.05) is 0 Å². The fourth-order valence-corrected chi connectivity index (χ4v) is 2.88. The number of nitro benzene ring substituents is 1. The summed E-state index contributed by atoms with van der Waals surface area (Å²) < 4.78 is 5.37. The summed E-state index contributed by atoms with van der Waals surface area (Å²) in [5.74, 6) is -0.348. The second-order valence-electron chi connectivity index (χ2n) is 8.04. The molecule has 9 nitrogen and oxygen atoms in total. The Balaban J connectivity index is 2.12. The third-order valence-corrected chi connectivity index (χ3v) is 4.13. The smallest absolute Gasteiger partial charge is 0.410 e. The van der Waals surface area contributed by atoms with Crippen molar-refractivity contribution in [1.29, 1.82) is 0 Å². The molecule has 1 fully saturated rings. The van der Waals surface area contributed by atoms with Crippen LogP contribution in [0.3, 0.4) is 0 Å². The van der Waals surface area contributed by atoms with E-state index in [1.54, 1.807) is 17.0 Å². The summed E-state index contributed by atoms with van der Waals surface area (Å²) in [4.78, 5) is 38.8. The monoisotopic (exact) mass is 392 g/mol. The second kappa shape index (κ2) is 8.45. The predicted molar refractivity (Wildman–Crippen MR) is 106 cm³/mol. The van der Waals surface area contributed by atoms with Crippen LogP contribution in [0.15, 0.2) is 18.2 Å². The van der Waals surface area contributed by atoms with Crippen molar-refractivity contribution in [1.82, 2.24) is 10.2 Å². The molecule has 1 aliphatic heterocycles. The van der Waals surface area contributed by atoms with Crippen LogP contribution in [0.25, 0.3) is 0 Å². The number of hydrogen-bond acceptors (Lipinski definition) is 6. The molecule has 28 heavy (non-hydrogen) atoms. The number of ether oxygens (including phenoxy) is 1. The number of benzene rings is 1. The SMILES string of the molecule is CC(C)NC(=O)c1ccc(N2CCN(C(=O)OC(C)(C)C)CC2)c([N+](=O)[O-])c1. The number of nitrogens with one attached hydrogen (secondary N) is 1. The number of nitrogens with zero attached hydrogens (tertiary/aromatic N) is 3. The minimum atomic E-state index is -0.570. The molecule has 0 atom stereocenters. The van der Waals surface area contributed by atoms with Gasteiger partial charge in [-0.25, -0.2) is 4.79 Å². The number of carbonyl (C=O) groups excluding carboxylic acids is 2. The number of hydrogen-bond donors (Lipinski definition) is 1. The Kier molecular flexibility index (Phi) is 6.48. The maximum Gasteiger partial charge on any atom is 0.410 e. The van der Waals surface area contributed by atoms with Gasteiger partial charge in [-0.05, 0) is 46.8 Å². The Morgan fingerprint density at radius 1 is 1.18 bits per heavy atom. The first kappa shape index (κ1) is 21.5. The summed E-state index contributed by atoms with van der Waals surface area (Å²) in [5, 5.41) is 14.3. The summed E-state index contributed by atoms with van der Waals surface area (Å²) in [6, 6.07) is 4.41. The van der Waals surface area contributed by atoms with Crippen LogP contribution in [0.5, 0.6) is 0 Å². The molecule has 2 rings (SSSR count). The average Bonchev–Trinajstić information content (AvgIpc) is 2.59. The molecule has 0 saturated carbocycles. The van der Waals surface area contributed by atoms with Crippen LogP contribution in [-0.2, 0) is 4.74 Å². The van der Waals surface area contributed by atoms with Crippen LogP contribution in [0.2, 0.25) is 0 Å². The molecular formula is C19H28N4O5. The fraction of sp³-hybridized carbons (Fsp3) is 0.579. The molecule has 0 spiro atoms. The van der Waals surface area contributed by atoms with Crippen molar-refractivity contribution in [3.63, 3.8) is 0 Å². The molecule has 0 radical (unpaired) electrons. The van der Waals surface area contributed by atoms with E-state index in [1.165, 1.54) is 6.07 Å². The Hall–Kier alpha value is -2.84. The van der Waals surface area contributed by atoms with E-state index >= 15 is 0 Å². The van der Waals surface area contributed by atoms with Crippen molar-refractivity contribution in [3.05, 3.63) is 33.9 Å². The number of amides is 2. The lowest BCUT2D eigenvalue weighted by molar-refractivity contribution is -0.384. The van der Waals surface area contributed by atoms with E-state index in [9.17, 15) is 19.7 Å². The van der Waals surface area contributed by atoms with Gasteiger partial charge in [0.2, 0.25) is 0 Å². The van der Waals surface area contributed by atoms with Gasteiger partial charge < -0.3 is 19.9 Å². The van der Waals surface area contributed by atoms with E-state index in [1.807, 2.05) is 39.5 Å². The predicted octanol–water partition coefficient (Wildman–Crippen LogP) is 2.79. The van der Waals surface area contributed by atoms with E-state index < -0.39 is 10.5 Å². The highest BCUT2D eigenvalue weighted by molar-refractivity contribution is 5.96. The second-order valence-corrected chi connectivity index (χ2v) is 8.04. The van der Waals surface area contributed by atoms with Crippen molar-refractivity contribution in [2.45, 2.75) is 46.3 Å². The maximum atomic E-state index is 12.2. The number of anilines is 1. The first-order chi connectivity index (χ1) is 13.0. The molecule has 1 aromatic carbocycles. The highest BCUT2D eigenvalue weighted by atomic mass is 16.6. The van der Waals surface area contributed by atoms with Crippen LogP contribution in [0, 0.1) is 10.1 Å². The van der Waals surface area contributed by atoms with E-state index in [4.69, 9.17) is 4.74 Å². The summed E-state index contributed by atoms with van der Waals surface area (Å²) >= 11 is 0. The van der Waals surface area contributed by atoms with Gasteiger partial charge in [0.05, 0.1) is 4.92 Å². The molecule has 0 aromatic heterocycles. The van der Waals surface area contributed by atoms with E-state index in [0.717, 1.165) is 0 Å². The van der Waals surface area contributed by atoms with Crippen LogP contribution >= 0.6 is 0 Å². The van der Waals surface area contributed by atoms with Gasteiger partial charge in [-0.3, -0.25) is 14.9 Å². The topological polar surface area (TPSA) is 105 Å². The third kappa shape index (κ3) is 5.58. The van der Waals surface area contributed by atoms with Gasteiger partial charge in [-0.15, -0.1) is 0 Å². The quantitative estimate of drug-likeness (QED) is 0.624. The van der Waals surface area contributed by atoms with Gasteiger partial charge in [0.1, 0.15) is 11.3 Å². The normalized spacial score (nSPS) is 14.8. The summed E-state index contributed by atoms with van der Waals surface area (Å²) in [7, 11) is 0. The summed E-state index contributed by atoms with van der Waals surface area (Å²) in [5.41, 5.74) is -0.00653. The first-order valence-corrected chi connectivity index (χ1v) is 9.30. The molecule has 1 N–H and O–H groups in total. The molecule has 0 bridgehead atoms. The number of piperazine rings is 1. The molecule has 2 amide bonds. The number of rotatable bonds is 4. The highest BCUT2D eigenvalue weighted by Gasteiger charge is 2.29. The zero-order valence-electron chi connectivity index (χ0n) is 17.0. The fourth-order valence-electron chi connectivity index (χ4n) is 2.88. The van der Waals surface area contributed by atoms with Crippen molar-refractivity contribution in [2.75, 3.05) is 31.1 Å². The first-order valence-electron chi connectivity index (χ1n) is 9.30.